The third kappa shape index (κ3) is 6.00. The monoisotopic (exact) mass is 479 g/mol. The summed E-state index contributed by atoms with van der Waals surface area (Å²) in [6.45, 7) is 4.04. The van der Waals surface area contributed by atoms with Crippen LogP contribution in [-0.4, -0.2) is 76.9 Å². The molecule has 184 valence electrons. The molecule has 0 saturated carbocycles. The smallest absolute Gasteiger partial charge is 0.409 e. The molecule has 3 rings (SSSR count). The number of anilines is 1. The first kappa shape index (κ1) is 24.9. The van der Waals surface area contributed by atoms with Gasteiger partial charge in [-0.25, -0.2) is 4.79 Å². The quantitative estimate of drug-likeness (QED) is 0.655. The highest BCUT2D eigenvalue weighted by Crippen LogP contribution is 2.20. The normalized spacial score (nSPS) is 14.6. The molecule has 1 fully saturated rings. The lowest BCUT2D eigenvalue weighted by molar-refractivity contribution is -0.136. The number of ether oxygens (including phenoxy) is 2. The van der Waals surface area contributed by atoms with Gasteiger partial charge in [0.2, 0.25) is 5.91 Å². The summed E-state index contributed by atoms with van der Waals surface area (Å²) in [5, 5.41) is 7.07. The summed E-state index contributed by atoms with van der Waals surface area (Å²) >= 11 is 0. The zero-order valence-corrected chi connectivity index (χ0v) is 19.2. The number of amides is 3. The standard InChI is InChI=1S/C22H27F2N5O5/c1-4-33-22(32)28-11-9-27(10-12-28)20(31)15(3)29-13-18(14(2)26-29)25-19(30)16-5-7-17(8-6-16)34-21(23)24/h5-8,13,15,21H,4,9-12H2,1-3H3,(H,25,30). The first-order valence-electron chi connectivity index (χ1n) is 10.8. The Morgan fingerprint density at radius 2 is 1.71 bits per heavy atom. The molecule has 0 radical (unpaired) electrons. The van der Waals surface area contributed by atoms with Gasteiger partial charge in [0.25, 0.3) is 5.91 Å². The number of hydrogen-bond donors (Lipinski definition) is 1. The van der Waals surface area contributed by atoms with Crippen molar-refractivity contribution in [3.63, 3.8) is 0 Å². The number of carbonyl (C=O) groups is 3. The molecule has 2 heterocycles. The van der Waals surface area contributed by atoms with Gasteiger partial charge in [-0.05, 0) is 45.0 Å². The van der Waals surface area contributed by atoms with Crippen LogP contribution in [0.3, 0.4) is 0 Å². The number of rotatable bonds is 7. The number of carbonyl (C=O) groups excluding carboxylic acids is 3. The fourth-order valence-corrected chi connectivity index (χ4v) is 3.49. The van der Waals surface area contributed by atoms with Crippen LogP contribution in [0.15, 0.2) is 30.5 Å². The molecule has 0 bridgehead atoms. The molecular formula is C22H27F2N5O5. The van der Waals surface area contributed by atoms with Crippen LogP contribution in [0.2, 0.25) is 0 Å². The number of piperazine rings is 1. The fourth-order valence-electron chi connectivity index (χ4n) is 3.49. The average molecular weight is 479 g/mol. The Labute approximate surface area is 195 Å². The molecular weight excluding hydrogens is 452 g/mol. The number of halogens is 2. The summed E-state index contributed by atoms with van der Waals surface area (Å²) in [4.78, 5) is 40.6. The van der Waals surface area contributed by atoms with E-state index >= 15 is 0 Å². The van der Waals surface area contributed by atoms with Crippen LogP contribution in [0, 0.1) is 6.92 Å². The molecule has 1 aromatic carbocycles. The second-order valence-electron chi connectivity index (χ2n) is 7.65. The number of aromatic nitrogens is 2. The van der Waals surface area contributed by atoms with E-state index in [-0.39, 0.29) is 23.3 Å². The van der Waals surface area contributed by atoms with E-state index in [0.717, 1.165) is 0 Å². The molecule has 12 heteroatoms. The molecule has 1 unspecified atom stereocenters. The van der Waals surface area contributed by atoms with Gasteiger partial charge in [0.1, 0.15) is 11.8 Å². The second-order valence-corrected chi connectivity index (χ2v) is 7.65. The number of hydrogen-bond acceptors (Lipinski definition) is 6. The summed E-state index contributed by atoms with van der Waals surface area (Å²) in [7, 11) is 0. The minimum absolute atomic E-state index is 0.0500. The number of benzene rings is 1. The maximum absolute atomic E-state index is 13.0. The molecule has 34 heavy (non-hydrogen) atoms. The first-order valence-corrected chi connectivity index (χ1v) is 10.8. The molecule has 1 aromatic heterocycles. The molecule has 1 aliphatic heterocycles. The predicted molar refractivity (Wildman–Crippen MR) is 118 cm³/mol. The summed E-state index contributed by atoms with van der Waals surface area (Å²) in [5.41, 5.74) is 1.18. The molecule has 2 aromatic rings. The molecule has 10 nitrogen and oxygen atoms in total. The Kier molecular flexibility index (Phi) is 8.03. The highest BCUT2D eigenvalue weighted by atomic mass is 19.3. The number of nitrogens with zero attached hydrogens (tertiary/aromatic N) is 4. The fraction of sp³-hybridized carbons (Fsp3) is 0.455. The van der Waals surface area contributed by atoms with Gasteiger partial charge in [-0.3, -0.25) is 14.3 Å². The van der Waals surface area contributed by atoms with E-state index in [1.807, 2.05) is 0 Å². The Balaban J connectivity index is 1.60. The third-order valence-electron chi connectivity index (χ3n) is 5.38. The maximum atomic E-state index is 13.0. The number of alkyl halides is 2. The zero-order valence-electron chi connectivity index (χ0n) is 19.2. The summed E-state index contributed by atoms with van der Waals surface area (Å²) in [6, 6.07) is 4.67. The van der Waals surface area contributed by atoms with Crippen molar-refractivity contribution >= 4 is 23.6 Å². The van der Waals surface area contributed by atoms with Gasteiger partial charge in [0.15, 0.2) is 0 Å². The van der Waals surface area contributed by atoms with E-state index in [9.17, 15) is 23.2 Å². The van der Waals surface area contributed by atoms with Gasteiger partial charge in [-0.1, -0.05) is 0 Å². The summed E-state index contributed by atoms with van der Waals surface area (Å²) in [5.74, 6) is -0.662. The minimum atomic E-state index is -2.95. The van der Waals surface area contributed by atoms with E-state index in [4.69, 9.17) is 4.74 Å². The van der Waals surface area contributed by atoms with Gasteiger partial charge in [0, 0.05) is 37.9 Å². The molecule has 3 amide bonds. The van der Waals surface area contributed by atoms with Gasteiger partial charge < -0.3 is 24.6 Å². The minimum Gasteiger partial charge on any atom is -0.450 e. The summed E-state index contributed by atoms with van der Waals surface area (Å²) < 4.78 is 35.3. The molecule has 1 saturated heterocycles. The van der Waals surface area contributed by atoms with Crippen molar-refractivity contribution in [3.05, 3.63) is 41.7 Å². The van der Waals surface area contributed by atoms with E-state index < -0.39 is 18.6 Å². The highest BCUT2D eigenvalue weighted by Gasteiger charge is 2.29. The van der Waals surface area contributed by atoms with E-state index in [2.05, 4.69) is 15.2 Å². The Bertz CT molecular complexity index is 1020. The second kappa shape index (κ2) is 10.9. The van der Waals surface area contributed by atoms with Gasteiger partial charge in [0.05, 0.1) is 18.0 Å². The Hall–Kier alpha value is -3.70. The third-order valence-corrected chi connectivity index (χ3v) is 5.38. The lowest BCUT2D eigenvalue weighted by Gasteiger charge is -2.35. The Morgan fingerprint density at radius 3 is 2.29 bits per heavy atom. The zero-order chi connectivity index (χ0) is 24.8. The van der Waals surface area contributed by atoms with Crippen molar-refractivity contribution in [2.75, 3.05) is 38.1 Å². The highest BCUT2D eigenvalue weighted by molar-refractivity contribution is 6.04. The van der Waals surface area contributed by atoms with E-state index in [1.54, 1.807) is 36.8 Å². The largest absolute Gasteiger partial charge is 0.450 e. The van der Waals surface area contributed by atoms with Crippen molar-refractivity contribution in [2.24, 2.45) is 0 Å². The number of nitrogens with one attached hydrogen (secondary N) is 1. The first-order chi connectivity index (χ1) is 16.2. The van der Waals surface area contributed by atoms with Gasteiger partial charge >= 0.3 is 12.7 Å². The molecule has 1 aliphatic rings. The number of aryl methyl sites for hydroxylation is 1. The molecule has 1 atom stereocenters. The lowest BCUT2D eigenvalue weighted by atomic mass is 10.2. The van der Waals surface area contributed by atoms with Crippen molar-refractivity contribution in [1.82, 2.24) is 19.6 Å². The van der Waals surface area contributed by atoms with Crippen molar-refractivity contribution in [2.45, 2.75) is 33.4 Å². The topological polar surface area (TPSA) is 106 Å². The van der Waals surface area contributed by atoms with Crippen LogP contribution in [0.4, 0.5) is 19.3 Å². The van der Waals surface area contributed by atoms with Crippen molar-refractivity contribution in [3.8, 4) is 5.75 Å². The van der Waals surface area contributed by atoms with Crippen molar-refractivity contribution in [1.29, 1.82) is 0 Å². The van der Waals surface area contributed by atoms with Crippen molar-refractivity contribution < 1.29 is 32.6 Å². The maximum Gasteiger partial charge on any atom is 0.409 e. The predicted octanol–water partition coefficient (Wildman–Crippen LogP) is 2.91. The average Bonchev–Trinajstić information content (AvgIpc) is 3.18. The van der Waals surface area contributed by atoms with Crippen LogP contribution in [0.1, 0.15) is 35.9 Å². The van der Waals surface area contributed by atoms with Crippen LogP contribution >= 0.6 is 0 Å². The van der Waals surface area contributed by atoms with Crippen LogP contribution in [0.5, 0.6) is 5.75 Å². The molecule has 1 N–H and O–H groups in total. The van der Waals surface area contributed by atoms with E-state index in [1.165, 1.54) is 28.9 Å². The Morgan fingerprint density at radius 1 is 1.09 bits per heavy atom. The lowest BCUT2D eigenvalue weighted by Crippen LogP contribution is -2.52. The van der Waals surface area contributed by atoms with Crippen LogP contribution < -0.4 is 10.1 Å². The van der Waals surface area contributed by atoms with Gasteiger partial charge in [-0.15, -0.1) is 0 Å². The molecule has 0 spiro atoms. The van der Waals surface area contributed by atoms with E-state index in [0.29, 0.717) is 44.2 Å². The van der Waals surface area contributed by atoms with Crippen LogP contribution in [-0.2, 0) is 9.53 Å². The molecule has 0 aliphatic carbocycles. The summed E-state index contributed by atoms with van der Waals surface area (Å²) in [6.07, 6.45) is 1.18. The van der Waals surface area contributed by atoms with Gasteiger partial charge in [-0.2, -0.15) is 13.9 Å². The SMILES string of the molecule is CCOC(=O)N1CCN(C(=O)C(C)n2cc(NC(=O)c3ccc(OC(F)F)cc3)c(C)n2)CC1. The van der Waals surface area contributed by atoms with Crippen LogP contribution in [0.25, 0.3) is 0 Å².